The van der Waals surface area contributed by atoms with Gasteiger partial charge in [-0.15, -0.1) is 4.33 Å². The van der Waals surface area contributed by atoms with Gasteiger partial charge < -0.3 is 4.89 Å². The highest BCUT2D eigenvalue weighted by molar-refractivity contribution is 7.99. The predicted octanol–water partition coefficient (Wildman–Crippen LogP) is 4.15. The molecule has 0 radical (unpaired) electrons. The van der Waals surface area contributed by atoms with Crippen LogP contribution in [0.5, 0.6) is 0 Å². The fraction of sp³-hybridized carbons (Fsp3) is 0.333. The average molecular weight is 224 g/mol. The summed E-state index contributed by atoms with van der Waals surface area (Å²) >= 11 is 1.18. The molecule has 1 aliphatic rings. The molecule has 2 nitrogen and oxygen atoms in total. The van der Waals surface area contributed by atoms with Gasteiger partial charge in [0, 0.05) is 0 Å². The zero-order chi connectivity index (χ0) is 11.5. The van der Waals surface area contributed by atoms with Crippen LogP contribution >= 0.6 is 12.0 Å². The summed E-state index contributed by atoms with van der Waals surface area (Å²) in [6, 6.07) is 0. The monoisotopic (exact) mass is 224 g/mol. The second kappa shape index (κ2) is 4.73. The predicted molar refractivity (Wildman–Crippen MR) is 64.7 cm³/mol. The second-order valence-corrected chi connectivity index (χ2v) is 5.02. The van der Waals surface area contributed by atoms with Crippen LogP contribution in [0.1, 0.15) is 20.8 Å². The maximum Gasteiger partial charge on any atom is 0.175 e. The lowest BCUT2D eigenvalue weighted by molar-refractivity contribution is -0.130. The second-order valence-electron chi connectivity index (χ2n) is 4.27. The molecular weight excluding hydrogens is 208 g/mol. The van der Waals surface area contributed by atoms with Crippen molar-refractivity contribution >= 4 is 12.0 Å². The van der Waals surface area contributed by atoms with Crippen molar-refractivity contribution in [1.82, 2.24) is 0 Å². The molecule has 0 aromatic rings. The topological polar surface area (TPSA) is 18.5 Å². The van der Waals surface area contributed by atoms with Crippen molar-refractivity contribution in [3.63, 3.8) is 0 Å². The van der Waals surface area contributed by atoms with Gasteiger partial charge >= 0.3 is 0 Å². The maximum atomic E-state index is 4.80. The number of hydrogen-bond donors (Lipinski definition) is 0. The van der Waals surface area contributed by atoms with E-state index in [1.165, 1.54) is 12.0 Å². The first-order chi connectivity index (χ1) is 6.95. The fourth-order valence-electron chi connectivity index (χ4n) is 1.07. The Bertz CT molecular complexity index is 332. The molecule has 0 spiro atoms. The summed E-state index contributed by atoms with van der Waals surface area (Å²) in [5.41, 5.74) is 1.22. The Balaban J connectivity index is 2.98. The van der Waals surface area contributed by atoms with Crippen LogP contribution in [-0.2, 0) is 9.22 Å². The number of allylic oxidation sites excluding steroid dienone is 4. The van der Waals surface area contributed by atoms with Crippen molar-refractivity contribution in [3.8, 4) is 0 Å². The molecule has 3 heteroatoms. The highest BCUT2D eigenvalue weighted by Crippen LogP contribution is 2.37. The molecule has 0 aromatic heterocycles. The highest BCUT2D eigenvalue weighted by atomic mass is 32.2. The summed E-state index contributed by atoms with van der Waals surface area (Å²) in [7, 11) is 0. The van der Waals surface area contributed by atoms with E-state index in [0.29, 0.717) is 5.76 Å². The van der Waals surface area contributed by atoms with Crippen molar-refractivity contribution < 1.29 is 9.22 Å². The van der Waals surface area contributed by atoms with Gasteiger partial charge in [0.25, 0.3) is 0 Å². The fourth-order valence-corrected chi connectivity index (χ4v) is 1.56. The smallest absolute Gasteiger partial charge is 0.175 e. The first-order valence-electron chi connectivity index (χ1n) is 4.70. The molecule has 0 saturated carbocycles. The van der Waals surface area contributed by atoms with Gasteiger partial charge in [-0.05, 0) is 17.1 Å². The van der Waals surface area contributed by atoms with Crippen LogP contribution in [0.25, 0.3) is 0 Å². The third kappa shape index (κ3) is 3.29. The van der Waals surface area contributed by atoms with Gasteiger partial charge in [0.2, 0.25) is 0 Å². The molecule has 1 aliphatic heterocycles. The Hall–Kier alpha value is -0.930. The van der Waals surface area contributed by atoms with E-state index in [0.717, 1.165) is 10.5 Å². The van der Waals surface area contributed by atoms with Crippen LogP contribution in [0.3, 0.4) is 0 Å². The van der Waals surface area contributed by atoms with Gasteiger partial charge in [-0.25, -0.2) is 0 Å². The molecule has 82 valence electrons. The van der Waals surface area contributed by atoms with E-state index in [9.17, 15) is 0 Å². The summed E-state index contributed by atoms with van der Waals surface area (Å²) in [5.74, 6) is 0.555. The molecule has 1 fully saturated rings. The van der Waals surface area contributed by atoms with E-state index in [-0.39, 0.29) is 5.41 Å². The molecule has 1 heterocycles. The van der Waals surface area contributed by atoms with Crippen LogP contribution in [-0.4, -0.2) is 0 Å². The Morgan fingerprint density at radius 2 is 2.07 bits per heavy atom. The summed E-state index contributed by atoms with van der Waals surface area (Å²) in [6.45, 7) is 13.9. The third-order valence-corrected chi connectivity index (χ3v) is 2.64. The standard InChI is InChI=1S/C12H16O2S/c1-6-7-10(12(3,4)5)8-11-9(2)13-14-15-11/h6-8H,1-2H2,3-5H3/b10-7+,11-8+. The molecule has 0 unspecified atom stereocenters. The Morgan fingerprint density at radius 1 is 1.40 bits per heavy atom. The lowest BCUT2D eigenvalue weighted by atomic mass is 9.86. The van der Waals surface area contributed by atoms with Crippen LogP contribution in [0, 0.1) is 5.41 Å². The van der Waals surface area contributed by atoms with Crippen LogP contribution in [0.4, 0.5) is 0 Å². The SMILES string of the molecule is C=C/C=C(\C=C1\SOOC1=C)C(C)(C)C. The van der Waals surface area contributed by atoms with E-state index >= 15 is 0 Å². The molecule has 0 aliphatic carbocycles. The number of rotatable bonds is 2. The van der Waals surface area contributed by atoms with E-state index in [1.807, 2.05) is 12.2 Å². The van der Waals surface area contributed by atoms with Crippen molar-refractivity contribution in [2.45, 2.75) is 20.8 Å². The lowest BCUT2D eigenvalue weighted by Crippen LogP contribution is -2.07. The van der Waals surface area contributed by atoms with Crippen molar-refractivity contribution in [2.24, 2.45) is 5.41 Å². The van der Waals surface area contributed by atoms with Gasteiger partial charge in [0.1, 0.15) is 0 Å². The quantitative estimate of drug-likeness (QED) is 0.399. The zero-order valence-corrected chi connectivity index (χ0v) is 10.2. The van der Waals surface area contributed by atoms with E-state index in [2.05, 4.69) is 33.9 Å². The van der Waals surface area contributed by atoms with Gasteiger partial charge in [-0.1, -0.05) is 46.1 Å². The molecule has 15 heavy (non-hydrogen) atoms. The van der Waals surface area contributed by atoms with Gasteiger partial charge in [-0.3, -0.25) is 0 Å². The molecule has 1 saturated heterocycles. The zero-order valence-electron chi connectivity index (χ0n) is 9.37. The molecular formula is C12H16O2S. The van der Waals surface area contributed by atoms with E-state index < -0.39 is 0 Å². The molecule has 0 atom stereocenters. The van der Waals surface area contributed by atoms with Crippen LogP contribution < -0.4 is 0 Å². The largest absolute Gasteiger partial charge is 0.324 e. The molecule has 0 amide bonds. The maximum absolute atomic E-state index is 4.80. The van der Waals surface area contributed by atoms with Crippen molar-refractivity contribution in [1.29, 1.82) is 0 Å². The third-order valence-electron chi connectivity index (χ3n) is 1.98. The van der Waals surface area contributed by atoms with E-state index in [4.69, 9.17) is 9.22 Å². The molecule has 0 bridgehead atoms. The normalized spacial score (nSPS) is 20.6. The first-order valence-corrected chi connectivity index (χ1v) is 5.44. The van der Waals surface area contributed by atoms with Crippen LogP contribution in [0.15, 0.2) is 47.6 Å². The van der Waals surface area contributed by atoms with E-state index in [1.54, 1.807) is 6.08 Å². The average Bonchev–Trinajstić information content (AvgIpc) is 2.49. The minimum atomic E-state index is 0.0601. The molecule has 0 aromatic carbocycles. The summed E-state index contributed by atoms with van der Waals surface area (Å²) in [5, 5.41) is 0. The number of hydrogen-bond acceptors (Lipinski definition) is 3. The Labute approximate surface area is 95.5 Å². The minimum absolute atomic E-state index is 0.0601. The minimum Gasteiger partial charge on any atom is -0.324 e. The Kier molecular flexibility index (Phi) is 3.83. The van der Waals surface area contributed by atoms with Gasteiger partial charge in [0.05, 0.1) is 16.9 Å². The summed E-state index contributed by atoms with van der Waals surface area (Å²) < 4.78 is 4.76. The first kappa shape index (κ1) is 12.1. The van der Waals surface area contributed by atoms with Gasteiger partial charge in [-0.2, -0.15) is 0 Å². The lowest BCUT2D eigenvalue weighted by Gasteiger charge is -2.20. The van der Waals surface area contributed by atoms with Crippen molar-refractivity contribution in [2.75, 3.05) is 0 Å². The summed E-state index contributed by atoms with van der Waals surface area (Å²) in [6.07, 6.45) is 5.78. The van der Waals surface area contributed by atoms with Gasteiger partial charge in [0.15, 0.2) is 5.76 Å². The molecule has 0 N–H and O–H groups in total. The summed E-state index contributed by atoms with van der Waals surface area (Å²) in [4.78, 5) is 5.71. The van der Waals surface area contributed by atoms with Crippen LogP contribution in [0.2, 0.25) is 0 Å². The molecule has 1 rings (SSSR count). The highest BCUT2D eigenvalue weighted by Gasteiger charge is 2.21. The van der Waals surface area contributed by atoms with Crippen molar-refractivity contribution in [3.05, 3.63) is 47.6 Å². The Morgan fingerprint density at radius 3 is 2.47 bits per heavy atom.